The van der Waals surface area contributed by atoms with E-state index in [4.69, 9.17) is 0 Å². The number of carbonyl (C=O) groups is 1. The van der Waals surface area contributed by atoms with Crippen LogP contribution in [0.4, 0.5) is 0 Å². The third-order valence-electron chi connectivity index (χ3n) is 4.12. The number of nitrogens with one attached hydrogen (secondary N) is 2. The summed E-state index contributed by atoms with van der Waals surface area (Å²) in [6, 6.07) is 1.51. The lowest BCUT2D eigenvalue weighted by Gasteiger charge is -2.35. The van der Waals surface area contributed by atoms with E-state index < -0.39 is 11.2 Å². The zero-order valence-corrected chi connectivity index (χ0v) is 13.2. The molecule has 1 aliphatic heterocycles. The topological polar surface area (TPSA) is 87.2 Å². The largest absolute Gasteiger partial charge is 0.353 e. The molecule has 0 radical (unpaired) electrons. The van der Waals surface area contributed by atoms with Crippen LogP contribution in [0.3, 0.4) is 0 Å². The third kappa shape index (κ3) is 4.56. The normalized spacial score (nSPS) is 20.5. The van der Waals surface area contributed by atoms with E-state index in [1.165, 1.54) is 29.7 Å². The molecule has 7 nitrogen and oxygen atoms in total. The second-order valence-electron chi connectivity index (χ2n) is 6.13. The maximum Gasteiger partial charge on any atom is 0.328 e. The second kappa shape index (κ2) is 7.40. The molecule has 1 amide bonds. The molecule has 0 bridgehead atoms. The van der Waals surface area contributed by atoms with Gasteiger partial charge in [0.25, 0.3) is 5.56 Å². The fraction of sp³-hybridized carbons (Fsp3) is 0.667. The fourth-order valence-corrected chi connectivity index (χ4v) is 2.80. The van der Waals surface area contributed by atoms with Crippen LogP contribution in [-0.4, -0.2) is 46.0 Å². The van der Waals surface area contributed by atoms with Gasteiger partial charge >= 0.3 is 5.69 Å². The quantitative estimate of drug-likeness (QED) is 0.787. The molecule has 2 unspecified atom stereocenters. The van der Waals surface area contributed by atoms with E-state index >= 15 is 0 Å². The number of H-pyrrole nitrogens is 1. The van der Waals surface area contributed by atoms with Crippen LogP contribution < -0.4 is 16.6 Å². The van der Waals surface area contributed by atoms with Gasteiger partial charge in [-0.05, 0) is 32.2 Å². The van der Waals surface area contributed by atoms with Gasteiger partial charge in [0.1, 0.15) is 6.54 Å². The van der Waals surface area contributed by atoms with Gasteiger partial charge in [0, 0.05) is 31.4 Å². The molecule has 2 N–H and O–H groups in total. The summed E-state index contributed by atoms with van der Waals surface area (Å²) in [6.45, 7) is 6.96. The highest BCUT2D eigenvalue weighted by atomic mass is 16.2. The molecule has 1 saturated heterocycles. The number of aromatic nitrogens is 2. The Kier molecular flexibility index (Phi) is 5.54. The summed E-state index contributed by atoms with van der Waals surface area (Å²) in [4.78, 5) is 38.9. The molecule has 0 aliphatic carbocycles. The molecule has 1 fully saturated rings. The van der Waals surface area contributed by atoms with Gasteiger partial charge in [-0.2, -0.15) is 0 Å². The Bertz CT molecular complexity index is 622. The predicted octanol–water partition coefficient (Wildman–Crippen LogP) is -0.227. The van der Waals surface area contributed by atoms with Crippen molar-refractivity contribution in [3.63, 3.8) is 0 Å². The number of nitrogens with zero attached hydrogens (tertiary/aromatic N) is 2. The molecule has 0 saturated carbocycles. The number of rotatable bonds is 5. The minimum Gasteiger partial charge on any atom is -0.353 e. The molecule has 2 heterocycles. The Balaban J connectivity index is 1.82. The number of hydrogen-bond donors (Lipinski definition) is 2. The van der Waals surface area contributed by atoms with E-state index in [1.54, 1.807) is 0 Å². The molecule has 2 rings (SSSR count). The van der Waals surface area contributed by atoms with Gasteiger partial charge in [-0.3, -0.25) is 24.0 Å². The van der Waals surface area contributed by atoms with Crippen LogP contribution in [0.25, 0.3) is 0 Å². The van der Waals surface area contributed by atoms with Crippen LogP contribution >= 0.6 is 0 Å². The molecule has 7 heteroatoms. The summed E-state index contributed by atoms with van der Waals surface area (Å²) in [5.74, 6) is 0.470. The second-order valence-corrected chi connectivity index (χ2v) is 6.13. The number of hydrogen-bond acceptors (Lipinski definition) is 4. The van der Waals surface area contributed by atoms with E-state index in [9.17, 15) is 14.4 Å². The number of amides is 1. The molecule has 1 aromatic heterocycles. The fourth-order valence-electron chi connectivity index (χ4n) is 2.80. The summed E-state index contributed by atoms with van der Waals surface area (Å²) in [6.07, 6.45) is 3.80. The summed E-state index contributed by atoms with van der Waals surface area (Å²) >= 11 is 0. The van der Waals surface area contributed by atoms with Crippen LogP contribution in [0.2, 0.25) is 0 Å². The van der Waals surface area contributed by atoms with Crippen LogP contribution in [0.1, 0.15) is 26.7 Å². The van der Waals surface area contributed by atoms with Gasteiger partial charge in [0.05, 0.1) is 0 Å². The van der Waals surface area contributed by atoms with Gasteiger partial charge in [0.2, 0.25) is 5.91 Å². The standard InChI is InChI=1S/C15H24N4O3/c1-11-4-3-6-18(9-11)12(2)8-16-14(21)10-19-7-5-13(20)17-15(19)22/h5,7,11-12H,3-4,6,8-10H2,1-2H3,(H,16,21)(H,17,20,22). The van der Waals surface area contributed by atoms with Crippen molar-refractivity contribution in [2.45, 2.75) is 39.3 Å². The molecular weight excluding hydrogens is 284 g/mol. The minimum atomic E-state index is -0.569. The van der Waals surface area contributed by atoms with E-state index in [1.807, 2.05) is 0 Å². The van der Waals surface area contributed by atoms with Crippen molar-refractivity contribution in [3.8, 4) is 0 Å². The summed E-state index contributed by atoms with van der Waals surface area (Å²) in [5, 5.41) is 2.85. The first-order chi connectivity index (χ1) is 10.5. The summed E-state index contributed by atoms with van der Waals surface area (Å²) < 4.78 is 1.18. The lowest BCUT2D eigenvalue weighted by Crippen LogP contribution is -2.47. The highest BCUT2D eigenvalue weighted by Gasteiger charge is 2.21. The van der Waals surface area contributed by atoms with Gasteiger partial charge < -0.3 is 5.32 Å². The average Bonchev–Trinajstić information content (AvgIpc) is 2.47. The van der Waals surface area contributed by atoms with E-state index in [2.05, 4.69) is 29.0 Å². The number of aromatic amines is 1. The zero-order chi connectivity index (χ0) is 16.1. The van der Waals surface area contributed by atoms with Crippen molar-refractivity contribution in [1.82, 2.24) is 19.8 Å². The Morgan fingerprint density at radius 1 is 1.50 bits per heavy atom. The summed E-state index contributed by atoms with van der Waals surface area (Å²) in [7, 11) is 0. The van der Waals surface area contributed by atoms with Gasteiger partial charge in [-0.1, -0.05) is 6.92 Å². The van der Waals surface area contributed by atoms with Crippen LogP contribution in [0, 0.1) is 5.92 Å². The Morgan fingerprint density at radius 2 is 2.27 bits per heavy atom. The lowest BCUT2D eigenvalue weighted by atomic mass is 9.99. The van der Waals surface area contributed by atoms with Crippen molar-refractivity contribution in [2.24, 2.45) is 5.92 Å². The lowest BCUT2D eigenvalue weighted by molar-refractivity contribution is -0.122. The molecule has 22 heavy (non-hydrogen) atoms. The average molecular weight is 308 g/mol. The van der Waals surface area contributed by atoms with Crippen molar-refractivity contribution in [2.75, 3.05) is 19.6 Å². The molecule has 1 aliphatic rings. The summed E-state index contributed by atoms with van der Waals surface area (Å²) in [5.41, 5.74) is -1.03. The molecule has 2 atom stereocenters. The van der Waals surface area contributed by atoms with Crippen molar-refractivity contribution in [1.29, 1.82) is 0 Å². The maximum atomic E-state index is 11.9. The first kappa shape index (κ1) is 16.5. The van der Waals surface area contributed by atoms with Crippen molar-refractivity contribution < 1.29 is 4.79 Å². The van der Waals surface area contributed by atoms with Crippen LogP contribution in [0.15, 0.2) is 21.9 Å². The predicted molar refractivity (Wildman–Crippen MR) is 83.8 cm³/mol. The number of piperidine rings is 1. The van der Waals surface area contributed by atoms with Gasteiger partial charge in [0.15, 0.2) is 0 Å². The van der Waals surface area contributed by atoms with E-state index in [0.717, 1.165) is 13.1 Å². The highest BCUT2D eigenvalue weighted by molar-refractivity contribution is 5.75. The van der Waals surface area contributed by atoms with Crippen LogP contribution in [0.5, 0.6) is 0 Å². The Hall–Kier alpha value is -1.89. The van der Waals surface area contributed by atoms with Gasteiger partial charge in [-0.25, -0.2) is 4.79 Å². The zero-order valence-electron chi connectivity index (χ0n) is 13.2. The Morgan fingerprint density at radius 3 is 2.95 bits per heavy atom. The maximum absolute atomic E-state index is 11.9. The third-order valence-corrected chi connectivity index (χ3v) is 4.12. The Labute approximate surface area is 129 Å². The molecule has 0 aromatic carbocycles. The van der Waals surface area contributed by atoms with Crippen LogP contribution in [-0.2, 0) is 11.3 Å². The smallest absolute Gasteiger partial charge is 0.328 e. The first-order valence-corrected chi connectivity index (χ1v) is 7.76. The SMILES string of the molecule is CC1CCCN(C(C)CNC(=O)Cn2ccc(=O)[nH]c2=O)C1. The minimum absolute atomic E-state index is 0.0846. The van der Waals surface area contributed by atoms with E-state index in [0.29, 0.717) is 12.5 Å². The molecular formula is C15H24N4O3. The number of likely N-dealkylation sites (tertiary alicyclic amines) is 1. The first-order valence-electron chi connectivity index (χ1n) is 7.76. The molecule has 122 valence electrons. The van der Waals surface area contributed by atoms with Crippen molar-refractivity contribution in [3.05, 3.63) is 33.1 Å². The van der Waals surface area contributed by atoms with Gasteiger partial charge in [-0.15, -0.1) is 0 Å². The highest BCUT2D eigenvalue weighted by Crippen LogP contribution is 2.17. The molecule has 1 aromatic rings. The van der Waals surface area contributed by atoms with Crippen molar-refractivity contribution >= 4 is 5.91 Å². The monoisotopic (exact) mass is 308 g/mol. The number of carbonyl (C=O) groups excluding carboxylic acids is 1. The van der Waals surface area contributed by atoms with E-state index in [-0.39, 0.29) is 18.5 Å². The molecule has 0 spiro atoms.